The highest BCUT2D eigenvalue weighted by atomic mass is 35.5. The molecule has 0 unspecified atom stereocenters. The van der Waals surface area contributed by atoms with E-state index in [1.807, 2.05) is 13.8 Å². The predicted molar refractivity (Wildman–Crippen MR) is 101 cm³/mol. The quantitative estimate of drug-likeness (QED) is 0.818. The van der Waals surface area contributed by atoms with E-state index in [-0.39, 0.29) is 17.7 Å². The second kappa shape index (κ2) is 7.93. The summed E-state index contributed by atoms with van der Waals surface area (Å²) in [6.07, 6.45) is 3.13. The summed E-state index contributed by atoms with van der Waals surface area (Å²) in [6.45, 7) is 4.72. The molecule has 2 heterocycles. The number of urea groups is 1. The van der Waals surface area contributed by atoms with E-state index in [1.54, 1.807) is 36.4 Å². The molecule has 1 atom stereocenters. The minimum absolute atomic E-state index is 0.109. The Kier molecular flexibility index (Phi) is 5.64. The molecular weight excluding hydrogens is 354 g/mol. The number of carbonyl (C=O) groups is 1. The van der Waals surface area contributed by atoms with Gasteiger partial charge in [-0.25, -0.2) is 9.78 Å². The highest BCUT2D eigenvalue weighted by molar-refractivity contribution is 6.30. The first-order valence-corrected chi connectivity index (χ1v) is 8.88. The molecule has 1 aromatic heterocycles. The van der Waals surface area contributed by atoms with Gasteiger partial charge in [-0.15, -0.1) is 0 Å². The van der Waals surface area contributed by atoms with E-state index >= 15 is 0 Å². The molecule has 2 amide bonds. The monoisotopic (exact) mass is 375 g/mol. The predicted octanol–water partition coefficient (Wildman–Crippen LogP) is 4.61. The van der Waals surface area contributed by atoms with Crippen molar-refractivity contribution in [3.05, 3.63) is 47.6 Å². The highest BCUT2D eigenvalue weighted by Gasteiger charge is 2.29. The SMILES string of the molecule is CC1(C)C[C@@H](NC(=O)Nc2ccc(Oc3ccc(Cl)cn3)cc2)CCO1. The van der Waals surface area contributed by atoms with Crippen LogP contribution in [0.5, 0.6) is 11.6 Å². The summed E-state index contributed by atoms with van der Waals surface area (Å²) in [5, 5.41) is 6.39. The zero-order chi connectivity index (χ0) is 18.6. The van der Waals surface area contributed by atoms with Crippen LogP contribution in [-0.4, -0.2) is 29.3 Å². The molecule has 6 nitrogen and oxygen atoms in total. The molecule has 0 spiro atoms. The number of aromatic nitrogens is 1. The van der Waals surface area contributed by atoms with Gasteiger partial charge in [0.15, 0.2) is 0 Å². The van der Waals surface area contributed by atoms with Crippen molar-refractivity contribution in [2.75, 3.05) is 11.9 Å². The van der Waals surface area contributed by atoms with Crippen molar-refractivity contribution < 1.29 is 14.3 Å². The van der Waals surface area contributed by atoms with E-state index in [4.69, 9.17) is 21.1 Å². The Balaban J connectivity index is 1.52. The molecule has 1 aliphatic rings. The summed E-state index contributed by atoms with van der Waals surface area (Å²) in [6, 6.07) is 10.4. The third kappa shape index (κ3) is 5.34. The van der Waals surface area contributed by atoms with Gasteiger partial charge >= 0.3 is 6.03 Å². The summed E-state index contributed by atoms with van der Waals surface area (Å²) >= 11 is 5.80. The third-order valence-electron chi connectivity index (χ3n) is 4.07. The third-order valence-corrected chi connectivity index (χ3v) is 4.29. The first-order chi connectivity index (χ1) is 12.4. The average molecular weight is 376 g/mol. The number of ether oxygens (including phenoxy) is 2. The lowest BCUT2D eigenvalue weighted by Gasteiger charge is -2.35. The van der Waals surface area contributed by atoms with Crippen LogP contribution >= 0.6 is 11.6 Å². The van der Waals surface area contributed by atoms with Crippen LogP contribution in [0.3, 0.4) is 0 Å². The molecule has 3 rings (SSSR count). The second-order valence-electron chi connectivity index (χ2n) is 6.84. The first-order valence-electron chi connectivity index (χ1n) is 8.51. The van der Waals surface area contributed by atoms with Gasteiger partial charge in [-0.05, 0) is 57.0 Å². The van der Waals surface area contributed by atoms with E-state index in [9.17, 15) is 4.79 Å². The Morgan fingerprint density at radius 1 is 1.27 bits per heavy atom. The van der Waals surface area contributed by atoms with E-state index < -0.39 is 0 Å². The number of amides is 2. The lowest BCUT2D eigenvalue weighted by Crippen LogP contribution is -2.47. The van der Waals surface area contributed by atoms with Crippen molar-refractivity contribution in [2.45, 2.75) is 38.3 Å². The lowest BCUT2D eigenvalue weighted by molar-refractivity contribution is -0.0609. The Hall–Kier alpha value is -2.31. The van der Waals surface area contributed by atoms with Crippen LogP contribution in [0.4, 0.5) is 10.5 Å². The van der Waals surface area contributed by atoms with E-state index in [2.05, 4.69) is 15.6 Å². The molecule has 1 aliphatic heterocycles. The molecule has 26 heavy (non-hydrogen) atoms. The molecule has 138 valence electrons. The Morgan fingerprint density at radius 2 is 2.04 bits per heavy atom. The van der Waals surface area contributed by atoms with Crippen LogP contribution in [0.1, 0.15) is 26.7 Å². The molecular formula is C19H22ClN3O3. The number of halogens is 1. The van der Waals surface area contributed by atoms with Crippen molar-refractivity contribution in [1.29, 1.82) is 0 Å². The number of rotatable bonds is 4. The number of hydrogen-bond donors (Lipinski definition) is 2. The summed E-state index contributed by atoms with van der Waals surface area (Å²) in [5.41, 5.74) is 0.482. The molecule has 2 aromatic rings. The van der Waals surface area contributed by atoms with Crippen LogP contribution in [0, 0.1) is 0 Å². The van der Waals surface area contributed by atoms with Gasteiger partial charge in [0.05, 0.1) is 10.6 Å². The van der Waals surface area contributed by atoms with Crippen LogP contribution in [0.15, 0.2) is 42.6 Å². The van der Waals surface area contributed by atoms with E-state index in [1.165, 1.54) is 6.20 Å². The van der Waals surface area contributed by atoms with E-state index in [0.29, 0.717) is 28.9 Å². The molecule has 0 aliphatic carbocycles. The zero-order valence-corrected chi connectivity index (χ0v) is 15.5. The van der Waals surface area contributed by atoms with Gasteiger partial charge in [-0.2, -0.15) is 0 Å². The fourth-order valence-corrected chi connectivity index (χ4v) is 2.97. The first kappa shape index (κ1) is 18.5. The molecule has 0 bridgehead atoms. The van der Waals surface area contributed by atoms with Crippen molar-refractivity contribution >= 4 is 23.3 Å². The summed E-state index contributed by atoms with van der Waals surface area (Å²) in [7, 11) is 0. The summed E-state index contributed by atoms with van der Waals surface area (Å²) in [4.78, 5) is 16.3. The Labute approximate surface area is 157 Å². The highest BCUT2D eigenvalue weighted by Crippen LogP contribution is 2.24. The number of nitrogens with one attached hydrogen (secondary N) is 2. The van der Waals surface area contributed by atoms with Crippen LogP contribution in [-0.2, 0) is 4.74 Å². The second-order valence-corrected chi connectivity index (χ2v) is 7.27. The fourth-order valence-electron chi connectivity index (χ4n) is 2.86. The number of anilines is 1. The molecule has 1 saturated heterocycles. The average Bonchev–Trinajstić information content (AvgIpc) is 2.58. The number of benzene rings is 1. The lowest BCUT2D eigenvalue weighted by atomic mass is 9.94. The maximum Gasteiger partial charge on any atom is 0.319 e. The summed E-state index contributed by atoms with van der Waals surface area (Å²) < 4.78 is 11.3. The Bertz CT molecular complexity index is 748. The number of pyridine rings is 1. The van der Waals surface area contributed by atoms with Gasteiger partial charge in [-0.1, -0.05) is 11.6 Å². The largest absolute Gasteiger partial charge is 0.439 e. The minimum atomic E-state index is -0.222. The normalized spacial score (nSPS) is 18.8. The van der Waals surface area contributed by atoms with Crippen molar-refractivity contribution in [3.63, 3.8) is 0 Å². The molecule has 7 heteroatoms. The number of nitrogens with zero attached hydrogens (tertiary/aromatic N) is 1. The standard InChI is InChI=1S/C19H22ClN3O3/c1-19(2)11-15(9-10-25-19)23-18(24)22-14-4-6-16(7-5-14)26-17-8-3-13(20)12-21-17/h3-8,12,15H,9-11H2,1-2H3,(H2,22,23,24)/t15-/m0/s1. The van der Waals surface area contributed by atoms with Crippen LogP contribution < -0.4 is 15.4 Å². The topological polar surface area (TPSA) is 72.5 Å². The molecule has 0 radical (unpaired) electrons. The van der Waals surface area contributed by atoms with Crippen molar-refractivity contribution in [1.82, 2.24) is 10.3 Å². The fraction of sp³-hybridized carbons (Fsp3) is 0.368. The van der Waals surface area contributed by atoms with Gasteiger partial charge in [0.25, 0.3) is 0 Å². The van der Waals surface area contributed by atoms with Gasteiger partial charge in [0.1, 0.15) is 5.75 Å². The molecule has 1 aromatic carbocycles. The van der Waals surface area contributed by atoms with Crippen molar-refractivity contribution in [3.8, 4) is 11.6 Å². The Morgan fingerprint density at radius 3 is 2.69 bits per heavy atom. The van der Waals surface area contributed by atoms with Crippen LogP contribution in [0.25, 0.3) is 0 Å². The van der Waals surface area contributed by atoms with Gasteiger partial charge in [0.2, 0.25) is 5.88 Å². The van der Waals surface area contributed by atoms with E-state index in [0.717, 1.165) is 12.8 Å². The maximum atomic E-state index is 12.2. The number of hydrogen-bond acceptors (Lipinski definition) is 4. The van der Waals surface area contributed by atoms with Gasteiger partial charge in [0, 0.05) is 30.6 Å². The molecule has 2 N–H and O–H groups in total. The molecule has 1 fully saturated rings. The molecule has 0 saturated carbocycles. The number of carbonyl (C=O) groups excluding carboxylic acids is 1. The van der Waals surface area contributed by atoms with Crippen LogP contribution in [0.2, 0.25) is 5.02 Å². The summed E-state index contributed by atoms with van der Waals surface area (Å²) in [5.74, 6) is 1.08. The maximum absolute atomic E-state index is 12.2. The van der Waals surface area contributed by atoms with Gasteiger partial charge < -0.3 is 20.1 Å². The van der Waals surface area contributed by atoms with Crippen molar-refractivity contribution in [2.24, 2.45) is 0 Å². The zero-order valence-electron chi connectivity index (χ0n) is 14.8. The van der Waals surface area contributed by atoms with Gasteiger partial charge in [-0.3, -0.25) is 0 Å². The smallest absolute Gasteiger partial charge is 0.319 e. The minimum Gasteiger partial charge on any atom is -0.439 e.